The molecule has 0 heterocycles. The summed E-state index contributed by atoms with van der Waals surface area (Å²) in [4.78, 5) is 11.9. The van der Waals surface area contributed by atoms with Gasteiger partial charge in [0.1, 0.15) is 0 Å². The molecule has 0 saturated heterocycles. The number of unbranched alkanes of at least 4 members (excludes halogenated alkanes) is 6. The van der Waals surface area contributed by atoms with E-state index in [-0.39, 0.29) is 12.5 Å². The lowest BCUT2D eigenvalue weighted by Gasteiger charge is -2.23. The molecule has 0 aliphatic heterocycles. The highest BCUT2D eigenvalue weighted by atomic mass is 16.3. The minimum Gasteiger partial charge on any atom is -0.388 e. The molecule has 33 heavy (non-hydrogen) atoms. The molecular formula is C30H47NO2. The maximum absolute atomic E-state index is 11.9. The molecule has 184 valence electrons. The predicted molar refractivity (Wildman–Crippen MR) is 145 cm³/mol. The third-order valence-electron chi connectivity index (χ3n) is 4.98. The molecule has 0 radical (unpaired) electrons. The second-order valence-corrected chi connectivity index (χ2v) is 8.54. The van der Waals surface area contributed by atoms with Crippen molar-refractivity contribution in [1.82, 2.24) is 5.32 Å². The normalized spacial score (nSPS) is 14.9. The maximum Gasteiger partial charge on any atom is 0.244 e. The molecule has 0 fully saturated rings. The first-order valence-electron chi connectivity index (χ1n) is 12.7. The van der Waals surface area contributed by atoms with Crippen molar-refractivity contribution in [1.29, 1.82) is 0 Å². The van der Waals surface area contributed by atoms with E-state index in [9.17, 15) is 9.90 Å². The molecule has 0 saturated carbocycles. The smallest absolute Gasteiger partial charge is 0.244 e. The van der Waals surface area contributed by atoms with Gasteiger partial charge in [-0.1, -0.05) is 131 Å². The van der Waals surface area contributed by atoms with Crippen LogP contribution >= 0.6 is 0 Å². The van der Waals surface area contributed by atoms with Gasteiger partial charge in [0.05, 0.1) is 5.60 Å². The van der Waals surface area contributed by atoms with Crippen LogP contribution in [0.3, 0.4) is 0 Å². The summed E-state index contributed by atoms with van der Waals surface area (Å²) in [5, 5.41) is 13.1. The monoisotopic (exact) mass is 453 g/mol. The van der Waals surface area contributed by atoms with Crippen molar-refractivity contribution < 1.29 is 9.90 Å². The van der Waals surface area contributed by atoms with E-state index in [1.54, 1.807) is 13.0 Å². The van der Waals surface area contributed by atoms with Gasteiger partial charge in [0, 0.05) is 12.6 Å². The third kappa shape index (κ3) is 24.1. The number of carbonyl (C=O) groups excluding carboxylic acids is 1. The van der Waals surface area contributed by atoms with Gasteiger partial charge in [-0.2, -0.15) is 0 Å². The zero-order chi connectivity index (χ0) is 24.5. The van der Waals surface area contributed by atoms with Crippen molar-refractivity contribution in [2.75, 3.05) is 6.54 Å². The molecule has 2 N–H and O–H groups in total. The Morgan fingerprint density at radius 3 is 1.79 bits per heavy atom. The fourth-order valence-corrected chi connectivity index (χ4v) is 2.92. The fraction of sp³-hybridized carbons (Fsp3) is 0.500. The lowest BCUT2D eigenvalue weighted by molar-refractivity contribution is -0.117. The van der Waals surface area contributed by atoms with Crippen LogP contribution in [0.2, 0.25) is 0 Å². The van der Waals surface area contributed by atoms with Gasteiger partial charge >= 0.3 is 0 Å². The first-order valence-corrected chi connectivity index (χ1v) is 12.7. The fourth-order valence-electron chi connectivity index (χ4n) is 2.92. The summed E-state index contributed by atoms with van der Waals surface area (Å²) in [5.74, 6) is -0.182. The Labute approximate surface area is 203 Å². The minimum absolute atomic E-state index is 0.182. The summed E-state index contributed by atoms with van der Waals surface area (Å²) < 4.78 is 0. The summed E-state index contributed by atoms with van der Waals surface area (Å²) in [7, 11) is 0. The van der Waals surface area contributed by atoms with Gasteiger partial charge in [-0.05, 0) is 32.6 Å². The van der Waals surface area contributed by atoms with E-state index in [1.807, 2.05) is 36.5 Å². The SMILES string of the molecule is CCCCC=CC=CC=CC=CCCC=CC=CC=CC(=O)NCC(C)(O)CCCCCC. The number of carbonyl (C=O) groups is 1. The molecule has 0 aromatic heterocycles. The molecule has 1 unspecified atom stereocenters. The van der Waals surface area contributed by atoms with Crippen molar-refractivity contribution in [3.05, 3.63) is 85.1 Å². The van der Waals surface area contributed by atoms with Crippen LogP contribution in [0.25, 0.3) is 0 Å². The molecule has 3 heteroatoms. The van der Waals surface area contributed by atoms with Crippen molar-refractivity contribution in [2.24, 2.45) is 0 Å². The van der Waals surface area contributed by atoms with Gasteiger partial charge in [0.2, 0.25) is 5.91 Å². The Balaban J connectivity index is 3.89. The molecule has 0 rings (SSSR count). The molecule has 0 aromatic carbocycles. The van der Waals surface area contributed by atoms with E-state index >= 15 is 0 Å². The van der Waals surface area contributed by atoms with Crippen molar-refractivity contribution in [3.63, 3.8) is 0 Å². The molecule has 0 aliphatic rings. The zero-order valence-corrected chi connectivity index (χ0v) is 21.2. The zero-order valence-electron chi connectivity index (χ0n) is 21.2. The number of aliphatic hydroxyl groups is 1. The summed E-state index contributed by atoms with van der Waals surface area (Å²) in [6.07, 6.45) is 38.6. The largest absolute Gasteiger partial charge is 0.388 e. The van der Waals surface area contributed by atoms with Gasteiger partial charge in [-0.25, -0.2) is 0 Å². The topological polar surface area (TPSA) is 49.3 Å². The molecule has 0 bridgehead atoms. The van der Waals surface area contributed by atoms with Crippen LogP contribution in [0.4, 0.5) is 0 Å². The van der Waals surface area contributed by atoms with E-state index in [0.29, 0.717) is 6.42 Å². The standard InChI is InChI=1S/C30H47NO2/c1-4-6-8-10-11-12-13-14-15-16-17-18-19-20-21-22-23-24-26-29(32)31-28-30(3,33)27-25-9-7-5-2/h10-17,20-24,26,33H,4-9,18-19,25,27-28H2,1-3H3,(H,31,32). The maximum atomic E-state index is 11.9. The van der Waals surface area contributed by atoms with Crippen molar-refractivity contribution in [2.45, 2.75) is 90.6 Å². The third-order valence-corrected chi connectivity index (χ3v) is 4.98. The van der Waals surface area contributed by atoms with E-state index in [0.717, 1.165) is 32.1 Å². The molecule has 0 spiro atoms. The van der Waals surface area contributed by atoms with Gasteiger partial charge < -0.3 is 10.4 Å². The lowest BCUT2D eigenvalue weighted by atomic mass is 9.98. The van der Waals surface area contributed by atoms with Crippen LogP contribution in [-0.4, -0.2) is 23.2 Å². The summed E-state index contributed by atoms with van der Waals surface area (Å²) in [6, 6.07) is 0. The molecule has 3 nitrogen and oxygen atoms in total. The van der Waals surface area contributed by atoms with Crippen LogP contribution in [0.1, 0.15) is 85.0 Å². The summed E-state index contributed by atoms with van der Waals surface area (Å²) in [5.41, 5.74) is -0.845. The highest BCUT2D eigenvalue weighted by Crippen LogP contribution is 2.14. The molecular weight excluding hydrogens is 406 g/mol. The second kappa shape index (κ2) is 22.8. The Hall–Kier alpha value is -2.39. The Morgan fingerprint density at radius 1 is 0.697 bits per heavy atom. The first kappa shape index (κ1) is 30.6. The summed E-state index contributed by atoms with van der Waals surface area (Å²) in [6.45, 7) is 6.43. The quantitative estimate of drug-likeness (QED) is 0.120. The highest BCUT2D eigenvalue weighted by Gasteiger charge is 2.19. The Morgan fingerprint density at radius 2 is 1.21 bits per heavy atom. The molecule has 1 amide bonds. The second-order valence-electron chi connectivity index (χ2n) is 8.54. The number of rotatable bonds is 19. The molecule has 0 aromatic rings. The number of hydrogen-bond donors (Lipinski definition) is 2. The highest BCUT2D eigenvalue weighted by molar-refractivity contribution is 5.87. The van der Waals surface area contributed by atoms with Gasteiger partial charge in [0.25, 0.3) is 0 Å². The number of amides is 1. The van der Waals surface area contributed by atoms with Crippen LogP contribution in [0.5, 0.6) is 0 Å². The molecule has 1 atom stereocenters. The Kier molecular flexibility index (Phi) is 21.1. The van der Waals surface area contributed by atoms with Crippen LogP contribution < -0.4 is 5.32 Å². The van der Waals surface area contributed by atoms with E-state index in [2.05, 4.69) is 55.6 Å². The molecule has 0 aliphatic carbocycles. The number of nitrogens with one attached hydrogen (secondary N) is 1. The average molecular weight is 454 g/mol. The van der Waals surface area contributed by atoms with Crippen molar-refractivity contribution >= 4 is 5.91 Å². The predicted octanol–water partition coefficient (Wildman–Crippen LogP) is 7.69. The number of allylic oxidation sites excluding steroid dienone is 13. The minimum atomic E-state index is -0.845. The lowest BCUT2D eigenvalue weighted by Crippen LogP contribution is -2.40. The van der Waals surface area contributed by atoms with E-state index in [4.69, 9.17) is 0 Å². The van der Waals surface area contributed by atoms with Gasteiger partial charge in [-0.3, -0.25) is 4.79 Å². The van der Waals surface area contributed by atoms with Crippen LogP contribution in [-0.2, 0) is 4.79 Å². The van der Waals surface area contributed by atoms with E-state index < -0.39 is 5.60 Å². The first-order chi connectivity index (χ1) is 16.0. The van der Waals surface area contributed by atoms with Crippen LogP contribution in [0.15, 0.2) is 85.1 Å². The van der Waals surface area contributed by atoms with Gasteiger partial charge in [-0.15, -0.1) is 0 Å². The van der Waals surface area contributed by atoms with E-state index in [1.165, 1.54) is 31.8 Å². The number of hydrogen-bond acceptors (Lipinski definition) is 2. The summed E-state index contributed by atoms with van der Waals surface area (Å²) >= 11 is 0. The average Bonchev–Trinajstić information content (AvgIpc) is 2.80. The van der Waals surface area contributed by atoms with Crippen molar-refractivity contribution in [3.8, 4) is 0 Å². The van der Waals surface area contributed by atoms with Crippen LogP contribution in [0, 0.1) is 0 Å². The van der Waals surface area contributed by atoms with Gasteiger partial charge in [0.15, 0.2) is 0 Å². The Bertz CT molecular complexity index is 675.